The van der Waals surface area contributed by atoms with E-state index in [9.17, 15) is 0 Å². The number of aliphatic imine (C=N–C) groups is 1. The molecule has 0 bridgehead atoms. The lowest BCUT2D eigenvalue weighted by molar-refractivity contribution is 0.416. The van der Waals surface area contributed by atoms with Crippen LogP contribution >= 0.6 is 11.8 Å². The summed E-state index contributed by atoms with van der Waals surface area (Å²) in [7, 11) is 1.71. The zero-order valence-electron chi connectivity index (χ0n) is 16.3. The Morgan fingerprint density at radius 3 is 2.52 bits per heavy atom. The van der Waals surface area contributed by atoms with Crippen molar-refractivity contribution in [3.63, 3.8) is 0 Å². The average Bonchev–Trinajstić information content (AvgIpc) is 2.65. The maximum Gasteiger partial charge on any atom is 0.169 e. The highest BCUT2D eigenvalue weighted by Gasteiger charge is 2.28. The van der Waals surface area contributed by atoms with E-state index in [2.05, 4.69) is 74.2 Å². The van der Waals surface area contributed by atoms with Gasteiger partial charge in [0.05, 0.1) is 18.3 Å². The summed E-state index contributed by atoms with van der Waals surface area (Å²) in [5.41, 5.74) is 3.17. The smallest absolute Gasteiger partial charge is 0.169 e. The molecular formula is C23H26N2OS. The van der Waals surface area contributed by atoms with Crippen LogP contribution in [-0.2, 0) is 0 Å². The van der Waals surface area contributed by atoms with Gasteiger partial charge in [0.1, 0.15) is 5.75 Å². The van der Waals surface area contributed by atoms with Gasteiger partial charge in [0.2, 0.25) is 0 Å². The fourth-order valence-corrected chi connectivity index (χ4v) is 4.14. The number of rotatable bonds is 5. The van der Waals surface area contributed by atoms with Crippen molar-refractivity contribution >= 4 is 28.7 Å². The molecule has 0 N–H and O–H groups in total. The minimum absolute atomic E-state index is 0.214. The van der Waals surface area contributed by atoms with Gasteiger partial charge in [-0.05, 0) is 44.5 Å². The number of amidine groups is 1. The zero-order valence-corrected chi connectivity index (χ0v) is 17.2. The van der Waals surface area contributed by atoms with Crippen LogP contribution in [0.5, 0.6) is 5.75 Å². The predicted octanol–water partition coefficient (Wildman–Crippen LogP) is 6.00. The van der Waals surface area contributed by atoms with Crippen LogP contribution in [0.4, 0.5) is 5.69 Å². The first-order valence-corrected chi connectivity index (χ1v) is 10.1. The number of benzene rings is 2. The highest BCUT2D eigenvalue weighted by molar-refractivity contribution is 8.14. The van der Waals surface area contributed by atoms with Crippen molar-refractivity contribution < 1.29 is 4.74 Å². The number of hydrogen-bond donors (Lipinski definition) is 0. The summed E-state index contributed by atoms with van der Waals surface area (Å²) in [4.78, 5) is 7.17. The molecule has 0 atom stereocenters. The third-order valence-electron chi connectivity index (χ3n) is 4.23. The molecule has 2 aromatic rings. The van der Waals surface area contributed by atoms with Gasteiger partial charge in [0.15, 0.2) is 5.17 Å². The van der Waals surface area contributed by atoms with Gasteiger partial charge in [-0.2, -0.15) is 0 Å². The summed E-state index contributed by atoms with van der Waals surface area (Å²) < 4.78 is 5.58. The number of ether oxygens (including phenoxy) is 1. The van der Waals surface area contributed by atoms with Crippen LogP contribution in [-0.4, -0.2) is 23.6 Å². The number of hydrogen-bond acceptors (Lipinski definition) is 4. The van der Waals surface area contributed by atoms with Crippen molar-refractivity contribution in [2.24, 2.45) is 4.99 Å². The summed E-state index contributed by atoms with van der Waals surface area (Å²) in [6, 6.07) is 18.4. The van der Waals surface area contributed by atoms with Crippen molar-refractivity contribution in [3.8, 4) is 5.75 Å². The van der Waals surface area contributed by atoms with Gasteiger partial charge in [-0.1, -0.05) is 66.4 Å². The fourth-order valence-electron chi connectivity index (χ4n) is 3.13. The molecule has 1 aliphatic rings. The third-order valence-corrected chi connectivity index (χ3v) is 5.13. The standard InChI is InChI=1S/C23H26N2OS/c1-18-17-23(2,3)24-22(25(18)20-14-8-9-15-21(20)26-4)27-16-10-13-19-11-6-5-7-12-19/h5-15,17H,16H2,1-4H3/b13-10+. The van der Waals surface area contributed by atoms with E-state index >= 15 is 0 Å². The first-order valence-electron chi connectivity index (χ1n) is 9.07. The Hall–Kier alpha value is -2.46. The van der Waals surface area contributed by atoms with Crippen molar-refractivity contribution in [2.75, 3.05) is 17.8 Å². The molecule has 0 aliphatic carbocycles. The van der Waals surface area contributed by atoms with E-state index in [1.54, 1.807) is 18.9 Å². The van der Waals surface area contributed by atoms with E-state index in [1.807, 2.05) is 24.3 Å². The molecule has 2 aromatic carbocycles. The minimum Gasteiger partial charge on any atom is -0.495 e. The molecule has 0 radical (unpaired) electrons. The van der Waals surface area contributed by atoms with Gasteiger partial charge >= 0.3 is 0 Å². The fraction of sp³-hybridized carbons (Fsp3) is 0.261. The Morgan fingerprint density at radius 1 is 1.07 bits per heavy atom. The molecule has 0 spiro atoms. The second-order valence-corrected chi connectivity index (χ2v) is 7.95. The first kappa shape index (κ1) is 19.3. The van der Waals surface area contributed by atoms with Crippen molar-refractivity contribution in [1.29, 1.82) is 0 Å². The van der Waals surface area contributed by atoms with Crippen molar-refractivity contribution in [1.82, 2.24) is 0 Å². The van der Waals surface area contributed by atoms with Crippen molar-refractivity contribution in [3.05, 3.63) is 78.0 Å². The third kappa shape index (κ3) is 4.83. The maximum absolute atomic E-state index is 5.58. The minimum atomic E-state index is -0.214. The maximum atomic E-state index is 5.58. The van der Waals surface area contributed by atoms with Crippen LogP contribution in [0.25, 0.3) is 6.08 Å². The highest BCUT2D eigenvalue weighted by atomic mass is 32.2. The number of methoxy groups -OCH3 is 1. The largest absolute Gasteiger partial charge is 0.495 e. The van der Waals surface area contributed by atoms with Gasteiger partial charge < -0.3 is 4.74 Å². The SMILES string of the molecule is COc1ccccc1N1C(C)=CC(C)(C)N=C1SC/C=C/c1ccccc1. The molecule has 27 heavy (non-hydrogen) atoms. The van der Waals surface area contributed by atoms with E-state index in [0.717, 1.165) is 28.1 Å². The summed E-state index contributed by atoms with van der Waals surface area (Å²) in [6.45, 7) is 6.40. The predicted molar refractivity (Wildman–Crippen MR) is 119 cm³/mol. The van der Waals surface area contributed by atoms with Crippen LogP contribution in [0.3, 0.4) is 0 Å². The first-order chi connectivity index (χ1) is 13.0. The van der Waals surface area contributed by atoms with E-state index in [0.29, 0.717) is 0 Å². The normalized spacial score (nSPS) is 16.2. The molecule has 0 aromatic heterocycles. The number of nitrogens with zero attached hydrogens (tertiary/aromatic N) is 2. The topological polar surface area (TPSA) is 24.8 Å². The second-order valence-electron chi connectivity index (χ2n) is 6.97. The van der Waals surface area contributed by atoms with Crippen LogP contribution in [0.15, 0.2) is 77.4 Å². The molecule has 3 rings (SSSR count). The van der Waals surface area contributed by atoms with E-state index in [1.165, 1.54) is 5.56 Å². The van der Waals surface area contributed by atoms with Crippen LogP contribution in [0.1, 0.15) is 26.3 Å². The molecule has 0 saturated heterocycles. The number of anilines is 1. The van der Waals surface area contributed by atoms with Gasteiger partial charge in [-0.15, -0.1) is 0 Å². The van der Waals surface area contributed by atoms with Gasteiger partial charge in [-0.3, -0.25) is 9.89 Å². The molecule has 0 unspecified atom stereocenters. The van der Waals surface area contributed by atoms with E-state index in [-0.39, 0.29) is 5.54 Å². The number of allylic oxidation sites excluding steroid dienone is 1. The summed E-state index contributed by atoms with van der Waals surface area (Å²) in [6.07, 6.45) is 6.53. The summed E-state index contributed by atoms with van der Waals surface area (Å²) >= 11 is 1.74. The van der Waals surface area contributed by atoms with E-state index in [4.69, 9.17) is 9.73 Å². The Labute approximate surface area is 166 Å². The summed E-state index contributed by atoms with van der Waals surface area (Å²) in [5, 5.41) is 0.988. The van der Waals surface area contributed by atoms with Crippen LogP contribution in [0.2, 0.25) is 0 Å². The van der Waals surface area contributed by atoms with Crippen molar-refractivity contribution in [2.45, 2.75) is 26.3 Å². The molecule has 1 aliphatic heterocycles. The Balaban J connectivity index is 1.83. The Kier molecular flexibility index (Phi) is 6.07. The number of thioether (sulfide) groups is 1. The lowest BCUT2D eigenvalue weighted by Gasteiger charge is -2.35. The molecule has 0 saturated carbocycles. The van der Waals surface area contributed by atoms with Crippen LogP contribution in [0, 0.1) is 0 Å². The highest BCUT2D eigenvalue weighted by Crippen LogP contribution is 2.36. The van der Waals surface area contributed by atoms with E-state index < -0.39 is 0 Å². The molecule has 0 amide bonds. The average molecular weight is 379 g/mol. The zero-order chi connectivity index (χ0) is 19.3. The lowest BCUT2D eigenvalue weighted by Crippen LogP contribution is -2.36. The van der Waals surface area contributed by atoms with Gasteiger partial charge in [-0.25, -0.2) is 0 Å². The second kappa shape index (κ2) is 8.49. The van der Waals surface area contributed by atoms with Crippen LogP contribution < -0.4 is 9.64 Å². The van der Waals surface area contributed by atoms with Gasteiger partial charge in [0.25, 0.3) is 0 Å². The molecule has 3 nitrogen and oxygen atoms in total. The molecule has 0 fully saturated rings. The Bertz CT molecular complexity index is 869. The molecule has 140 valence electrons. The van der Waals surface area contributed by atoms with Gasteiger partial charge in [0, 0.05) is 11.4 Å². The molecule has 1 heterocycles. The molecular weight excluding hydrogens is 352 g/mol. The lowest BCUT2D eigenvalue weighted by atomic mass is 10.0. The Morgan fingerprint density at radius 2 is 1.78 bits per heavy atom. The monoisotopic (exact) mass is 378 g/mol. The quantitative estimate of drug-likeness (QED) is 0.638. The number of para-hydroxylation sites is 2. The molecule has 4 heteroatoms. The summed E-state index contributed by atoms with van der Waals surface area (Å²) in [5.74, 6) is 1.70.